The molecule has 0 spiro atoms. The number of carbonyl (C=O) groups excluding carboxylic acids is 2. The molecule has 0 radical (unpaired) electrons. The molecule has 4 rings (SSSR count). The van der Waals surface area contributed by atoms with Crippen molar-refractivity contribution in [2.45, 2.75) is 51.4 Å². The van der Waals surface area contributed by atoms with Crippen molar-refractivity contribution in [1.29, 1.82) is 0 Å². The summed E-state index contributed by atoms with van der Waals surface area (Å²) in [6, 6.07) is 12.6. The van der Waals surface area contributed by atoms with Crippen molar-refractivity contribution in [3.8, 4) is 0 Å². The van der Waals surface area contributed by atoms with Gasteiger partial charge in [0.25, 0.3) is 0 Å². The number of hydrogen-bond acceptors (Lipinski definition) is 5. The third kappa shape index (κ3) is 5.30. The monoisotopic (exact) mass is 483 g/mol. The lowest BCUT2D eigenvalue weighted by Crippen LogP contribution is -2.49. The molecule has 35 heavy (non-hydrogen) atoms. The number of hydrazine groups is 2. The van der Waals surface area contributed by atoms with Crippen molar-refractivity contribution in [2.24, 2.45) is 5.92 Å². The van der Waals surface area contributed by atoms with Crippen LogP contribution >= 0.6 is 0 Å². The van der Waals surface area contributed by atoms with Gasteiger partial charge >= 0.3 is 0 Å². The van der Waals surface area contributed by atoms with Gasteiger partial charge in [0.05, 0.1) is 24.2 Å². The highest BCUT2D eigenvalue weighted by Gasteiger charge is 2.42. The fourth-order valence-corrected chi connectivity index (χ4v) is 4.58. The van der Waals surface area contributed by atoms with Crippen molar-refractivity contribution in [3.63, 3.8) is 0 Å². The van der Waals surface area contributed by atoms with Gasteiger partial charge in [0, 0.05) is 12.6 Å². The molecule has 1 unspecified atom stereocenters. The highest BCUT2D eigenvalue weighted by Crippen LogP contribution is 2.29. The van der Waals surface area contributed by atoms with Crippen molar-refractivity contribution in [3.05, 3.63) is 82.9 Å². The third-order valence-electron chi connectivity index (χ3n) is 6.58. The maximum absolute atomic E-state index is 14.8. The van der Waals surface area contributed by atoms with Crippen LogP contribution in [0.5, 0.6) is 0 Å². The minimum Gasteiger partial charge on any atom is -0.343 e. The lowest BCUT2D eigenvalue weighted by Gasteiger charge is -2.29. The van der Waals surface area contributed by atoms with Crippen LogP contribution in [0.25, 0.3) is 0 Å². The Morgan fingerprint density at radius 1 is 1.09 bits per heavy atom. The molecule has 0 saturated carbocycles. The molecule has 2 aromatic rings. The fraction of sp³-hybridized carbons (Fsp3) is 0.385. The van der Waals surface area contributed by atoms with E-state index in [9.17, 15) is 18.4 Å². The number of amides is 2. The summed E-state index contributed by atoms with van der Waals surface area (Å²) in [4.78, 5) is 27.9. The number of halogens is 2. The molecule has 2 aromatic carbocycles. The van der Waals surface area contributed by atoms with E-state index in [1.54, 1.807) is 25.3 Å². The molecule has 9 heteroatoms. The second-order valence-corrected chi connectivity index (χ2v) is 9.34. The molecule has 7 nitrogen and oxygen atoms in total. The van der Waals surface area contributed by atoms with Crippen LogP contribution in [0, 0.1) is 11.7 Å². The van der Waals surface area contributed by atoms with Gasteiger partial charge < -0.3 is 21.1 Å². The molecule has 4 atom stereocenters. The molecule has 2 aliphatic rings. The summed E-state index contributed by atoms with van der Waals surface area (Å²) < 4.78 is 29.3. The van der Waals surface area contributed by atoms with Crippen LogP contribution in [0.3, 0.4) is 0 Å². The largest absolute Gasteiger partial charge is 0.343 e. The second kappa shape index (κ2) is 10.4. The summed E-state index contributed by atoms with van der Waals surface area (Å²) in [7, 11) is 0. The summed E-state index contributed by atoms with van der Waals surface area (Å²) in [5.41, 5.74) is 10.8. The number of benzene rings is 2. The summed E-state index contributed by atoms with van der Waals surface area (Å²) in [6.45, 7) is 5.38. The van der Waals surface area contributed by atoms with E-state index in [0.717, 1.165) is 5.56 Å². The number of carbonyl (C=O) groups is 2. The van der Waals surface area contributed by atoms with Gasteiger partial charge in [0.15, 0.2) is 0 Å². The van der Waals surface area contributed by atoms with Gasteiger partial charge in [-0.1, -0.05) is 56.3 Å². The SMILES string of the molecule is CC(C(=O)N1C[C@H](F)C[C@H]1C(=O)N[C@@H](c1ccccc1)c1ccc(C(C)C)c(F)c1)C1=CNNN1. The van der Waals surface area contributed by atoms with Crippen LogP contribution < -0.4 is 21.7 Å². The molecule has 0 aromatic heterocycles. The number of nitrogens with zero attached hydrogens (tertiary/aromatic N) is 1. The summed E-state index contributed by atoms with van der Waals surface area (Å²) in [5.74, 6) is -1.75. The van der Waals surface area contributed by atoms with Crippen LogP contribution in [0.4, 0.5) is 8.78 Å². The number of rotatable bonds is 7. The van der Waals surface area contributed by atoms with Crippen LogP contribution in [0.1, 0.15) is 55.8 Å². The van der Waals surface area contributed by atoms with E-state index in [4.69, 9.17) is 0 Å². The van der Waals surface area contributed by atoms with E-state index in [1.165, 1.54) is 11.0 Å². The van der Waals surface area contributed by atoms with Gasteiger partial charge in [0.1, 0.15) is 18.0 Å². The smallest absolute Gasteiger partial charge is 0.243 e. The fourth-order valence-electron chi connectivity index (χ4n) is 4.58. The number of likely N-dealkylation sites (tertiary alicyclic amines) is 1. The first kappa shape index (κ1) is 24.7. The van der Waals surface area contributed by atoms with E-state index in [0.29, 0.717) is 16.8 Å². The Bertz CT molecular complexity index is 1110. The molecule has 2 amide bonds. The number of hydrogen-bond donors (Lipinski definition) is 4. The van der Waals surface area contributed by atoms with Crippen LogP contribution in [0.2, 0.25) is 0 Å². The molecule has 0 bridgehead atoms. The van der Waals surface area contributed by atoms with Crippen molar-refractivity contribution >= 4 is 11.8 Å². The standard InChI is InChI=1S/C26H31F2N5O2/c1-15(2)20-10-9-18(11-21(20)28)24(17-7-5-4-6-8-17)30-25(34)23-12-19(27)14-33(23)26(35)16(3)22-13-29-32-31-22/h4-11,13,15-16,19,23-24,29,31-32H,12,14H2,1-3H3,(H,30,34)/t16?,19-,23+,24+/m1/s1. The summed E-state index contributed by atoms with van der Waals surface area (Å²) in [6.07, 6.45) is 0.221. The zero-order chi connectivity index (χ0) is 25.1. The zero-order valence-corrected chi connectivity index (χ0v) is 20.0. The van der Waals surface area contributed by atoms with Gasteiger partial charge in [-0.05, 0) is 35.6 Å². The number of nitrogens with one attached hydrogen (secondary N) is 4. The average Bonchev–Trinajstić information content (AvgIpc) is 3.52. The lowest BCUT2D eigenvalue weighted by molar-refractivity contribution is -0.140. The van der Waals surface area contributed by atoms with E-state index < -0.39 is 30.1 Å². The summed E-state index contributed by atoms with van der Waals surface area (Å²) in [5, 5.41) is 2.96. The molecule has 186 valence electrons. The Morgan fingerprint density at radius 2 is 1.83 bits per heavy atom. The van der Waals surface area contributed by atoms with E-state index >= 15 is 0 Å². The molecule has 0 aliphatic carbocycles. The van der Waals surface area contributed by atoms with Gasteiger partial charge in [-0.25, -0.2) is 8.78 Å². The highest BCUT2D eigenvalue weighted by atomic mass is 19.1. The minimum atomic E-state index is -1.30. The molecule has 2 heterocycles. The topological polar surface area (TPSA) is 85.5 Å². The Hall–Kier alpha value is -3.46. The van der Waals surface area contributed by atoms with Gasteiger partial charge in [-0.2, -0.15) is 5.53 Å². The number of alkyl halides is 1. The second-order valence-electron chi connectivity index (χ2n) is 9.34. The Morgan fingerprint density at radius 3 is 2.46 bits per heavy atom. The van der Waals surface area contributed by atoms with E-state index in [1.807, 2.05) is 44.2 Å². The van der Waals surface area contributed by atoms with Gasteiger partial charge in [0.2, 0.25) is 11.8 Å². The van der Waals surface area contributed by atoms with Gasteiger partial charge in [-0.3, -0.25) is 9.59 Å². The first-order valence-electron chi connectivity index (χ1n) is 11.8. The molecule has 2 aliphatic heterocycles. The first-order chi connectivity index (χ1) is 16.8. The van der Waals surface area contributed by atoms with Crippen LogP contribution in [-0.2, 0) is 9.59 Å². The van der Waals surface area contributed by atoms with Crippen LogP contribution in [-0.4, -0.2) is 35.5 Å². The molecule has 1 saturated heterocycles. The third-order valence-corrected chi connectivity index (χ3v) is 6.58. The van der Waals surface area contributed by atoms with Crippen molar-refractivity contribution in [2.75, 3.05) is 6.54 Å². The molecular weight excluding hydrogens is 452 g/mol. The zero-order valence-electron chi connectivity index (χ0n) is 20.0. The molecular formula is C26H31F2N5O2. The van der Waals surface area contributed by atoms with Crippen molar-refractivity contribution < 1.29 is 18.4 Å². The highest BCUT2D eigenvalue weighted by molar-refractivity contribution is 5.90. The Labute approximate surface area is 203 Å². The Kier molecular flexibility index (Phi) is 7.35. The minimum absolute atomic E-state index is 0.0187. The lowest BCUT2D eigenvalue weighted by atomic mass is 9.94. The molecule has 1 fully saturated rings. The molecule has 4 N–H and O–H groups in total. The van der Waals surface area contributed by atoms with Crippen molar-refractivity contribution in [1.82, 2.24) is 26.6 Å². The predicted octanol–water partition coefficient (Wildman–Crippen LogP) is 3.18. The Balaban J connectivity index is 1.59. The average molecular weight is 484 g/mol. The van der Waals surface area contributed by atoms with E-state index in [-0.39, 0.29) is 30.6 Å². The quantitative estimate of drug-likeness (QED) is 0.486. The van der Waals surface area contributed by atoms with Crippen LogP contribution in [0.15, 0.2) is 60.4 Å². The first-order valence-corrected chi connectivity index (χ1v) is 11.8. The maximum Gasteiger partial charge on any atom is 0.243 e. The van der Waals surface area contributed by atoms with Gasteiger partial charge in [-0.15, -0.1) is 0 Å². The van der Waals surface area contributed by atoms with E-state index in [2.05, 4.69) is 21.7 Å². The predicted molar refractivity (Wildman–Crippen MR) is 129 cm³/mol. The normalized spacial score (nSPS) is 21.2. The maximum atomic E-state index is 14.8. The summed E-state index contributed by atoms with van der Waals surface area (Å²) >= 11 is 0.